The summed E-state index contributed by atoms with van der Waals surface area (Å²) in [5, 5.41) is 5.71. The highest BCUT2D eigenvalue weighted by molar-refractivity contribution is 7.89. The van der Waals surface area contributed by atoms with Crippen molar-refractivity contribution in [1.82, 2.24) is 9.62 Å². The van der Waals surface area contributed by atoms with Crippen molar-refractivity contribution in [1.29, 1.82) is 0 Å². The summed E-state index contributed by atoms with van der Waals surface area (Å²) < 4.78 is 40.1. The van der Waals surface area contributed by atoms with Crippen molar-refractivity contribution >= 4 is 34.0 Å². The molecule has 9 heteroatoms. The number of hydrogen-bond acceptors (Lipinski definition) is 4. The Labute approximate surface area is 164 Å². The summed E-state index contributed by atoms with van der Waals surface area (Å²) in [6.07, 6.45) is 0.557. The third-order valence-electron chi connectivity index (χ3n) is 4.33. The number of carbonyl (C=O) groups excluding carboxylic acids is 1. The first kappa shape index (κ1) is 21.3. The topological polar surface area (TPSA) is 78.5 Å². The molecule has 0 aromatic heterocycles. The van der Waals surface area contributed by atoms with Gasteiger partial charge in [-0.3, -0.25) is 4.79 Å². The van der Waals surface area contributed by atoms with Crippen LogP contribution in [0.4, 0.5) is 10.1 Å². The molecule has 0 atom stereocenters. The van der Waals surface area contributed by atoms with Crippen LogP contribution in [0, 0.1) is 5.82 Å². The fourth-order valence-corrected chi connectivity index (χ4v) is 3.78. The molecule has 0 saturated carbocycles. The fourth-order valence-electron chi connectivity index (χ4n) is 2.83. The molecule has 1 aliphatic heterocycles. The first-order valence-electron chi connectivity index (χ1n) is 8.15. The molecule has 0 bridgehead atoms. The van der Waals surface area contributed by atoms with Crippen LogP contribution in [0.1, 0.15) is 21.5 Å². The number of rotatable bonds is 4. The minimum absolute atomic E-state index is 0. The molecular weight excluding hydrogens is 393 g/mol. The monoisotopic (exact) mass is 413 g/mol. The lowest BCUT2D eigenvalue weighted by molar-refractivity contribution is 0.102. The van der Waals surface area contributed by atoms with Gasteiger partial charge in [-0.05, 0) is 48.4 Å². The van der Waals surface area contributed by atoms with E-state index >= 15 is 0 Å². The highest BCUT2D eigenvalue weighted by Gasteiger charge is 2.20. The van der Waals surface area contributed by atoms with E-state index in [0.717, 1.165) is 9.87 Å². The Kier molecular flexibility index (Phi) is 6.59. The van der Waals surface area contributed by atoms with Gasteiger partial charge in [0.05, 0.1) is 10.6 Å². The smallest absolute Gasteiger partial charge is 0.255 e. The Morgan fingerprint density at radius 3 is 2.67 bits per heavy atom. The number of hydrogen-bond donors (Lipinski definition) is 2. The maximum absolute atomic E-state index is 14.7. The van der Waals surface area contributed by atoms with Gasteiger partial charge in [0.25, 0.3) is 5.91 Å². The first-order chi connectivity index (χ1) is 12.3. The third kappa shape index (κ3) is 4.30. The van der Waals surface area contributed by atoms with Crippen LogP contribution in [0.25, 0.3) is 0 Å². The zero-order valence-electron chi connectivity index (χ0n) is 15.0. The van der Waals surface area contributed by atoms with Gasteiger partial charge >= 0.3 is 0 Å². The Morgan fingerprint density at radius 1 is 1.22 bits per heavy atom. The molecule has 1 heterocycles. The van der Waals surface area contributed by atoms with Gasteiger partial charge in [-0.2, -0.15) is 0 Å². The van der Waals surface area contributed by atoms with Gasteiger partial charge in [-0.15, -0.1) is 12.4 Å². The van der Waals surface area contributed by atoms with Gasteiger partial charge in [0.15, 0.2) is 0 Å². The number of anilines is 1. The summed E-state index contributed by atoms with van der Waals surface area (Å²) in [6, 6.07) is 8.99. The van der Waals surface area contributed by atoms with Crippen molar-refractivity contribution in [3.63, 3.8) is 0 Å². The predicted octanol–water partition coefficient (Wildman–Crippen LogP) is 2.40. The molecule has 0 saturated heterocycles. The van der Waals surface area contributed by atoms with E-state index in [2.05, 4.69) is 10.6 Å². The van der Waals surface area contributed by atoms with E-state index in [-0.39, 0.29) is 28.6 Å². The average molecular weight is 414 g/mol. The second-order valence-electron chi connectivity index (χ2n) is 6.26. The SMILES string of the molecule is CN(C)S(=O)(=O)c1cccc(C(=O)Nc2ccc3c(c2F)CCNC3)c1.Cl. The summed E-state index contributed by atoms with van der Waals surface area (Å²) in [5.74, 6) is -0.997. The van der Waals surface area contributed by atoms with Crippen molar-refractivity contribution in [3.05, 3.63) is 58.9 Å². The van der Waals surface area contributed by atoms with Crippen LogP contribution in [-0.2, 0) is 23.0 Å². The van der Waals surface area contributed by atoms with E-state index in [1.54, 1.807) is 6.07 Å². The second kappa shape index (κ2) is 8.35. The molecule has 0 fully saturated rings. The molecule has 1 aliphatic rings. The molecule has 0 unspecified atom stereocenters. The van der Waals surface area contributed by atoms with Crippen molar-refractivity contribution in [2.45, 2.75) is 17.9 Å². The fraction of sp³-hybridized carbons (Fsp3) is 0.278. The van der Waals surface area contributed by atoms with Gasteiger partial charge in [-0.25, -0.2) is 17.1 Å². The lowest BCUT2D eigenvalue weighted by Gasteiger charge is -2.19. The Hall–Kier alpha value is -2.00. The summed E-state index contributed by atoms with van der Waals surface area (Å²) >= 11 is 0. The van der Waals surface area contributed by atoms with E-state index in [1.807, 2.05) is 0 Å². The molecule has 2 aromatic rings. The maximum Gasteiger partial charge on any atom is 0.255 e. The van der Waals surface area contributed by atoms with Gasteiger partial charge in [-0.1, -0.05) is 12.1 Å². The molecule has 0 aliphatic carbocycles. The minimum Gasteiger partial charge on any atom is -0.319 e. The van der Waals surface area contributed by atoms with Crippen molar-refractivity contribution in [2.75, 3.05) is 26.0 Å². The number of carbonyl (C=O) groups is 1. The zero-order chi connectivity index (χ0) is 18.9. The molecule has 0 radical (unpaired) electrons. The molecule has 3 rings (SSSR count). The quantitative estimate of drug-likeness (QED) is 0.806. The number of halogens is 2. The van der Waals surface area contributed by atoms with Gasteiger partial charge < -0.3 is 10.6 Å². The number of sulfonamides is 1. The second-order valence-corrected chi connectivity index (χ2v) is 8.41. The van der Waals surface area contributed by atoms with Crippen molar-refractivity contribution in [3.8, 4) is 0 Å². The Balaban J connectivity index is 0.00000261. The molecule has 146 valence electrons. The molecule has 2 aromatic carbocycles. The lowest BCUT2D eigenvalue weighted by Crippen LogP contribution is -2.25. The molecule has 27 heavy (non-hydrogen) atoms. The molecular formula is C18H21ClFN3O3S. The number of benzene rings is 2. The van der Waals surface area contributed by atoms with Crippen LogP contribution in [-0.4, -0.2) is 39.3 Å². The van der Waals surface area contributed by atoms with E-state index in [9.17, 15) is 17.6 Å². The number of fused-ring (bicyclic) bond motifs is 1. The van der Waals surface area contributed by atoms with Crippen molar-refractivity contribution in [2.24, 2.45) is 0 Å². The zero-order valence-corrected chi connectivity index (χ0v) is 16.6. The van der Waals surface area contributed by atoms with Crippen molar-refractivity contribution < 1.29 is 17.6 Å². The number of nitrogens with zero attached hydrogens (tertiary/aromatic N) is 1. The highest BCUT2D eigenvalue weighted by Crippen LogP contribution is 2.25. The van der Waals surface area contributed by atoms with Crippen LogP contribution >= 0.6 is 12.4 Å². The Bertz CT molecular complexity index is 964. The molecule has 2 N–H and O–H groups in total. The van der Waals surface area contributed by atoms with Crippen LogP contribution in [0.15, 0.2) is 41.3 Å². The van der Waals surface area contributed by atoms with Gasteiger partial charge in [0.1, 0.15) is 5.82 Å². The largest absolute Gasteiger partial charge is 0.319 e. The number of nitrogens with one attached hydrogen (secondary N) is 2. The molecule has 6 nitrogen and oxygen atoms in total. The summed E-state index contributed by atoms with van der Waals surface area (Å²) in [4.78, 5) is 12.5. The standard InChI is InChI=1S/C18H20FN3O3S.ClH/c1-22(2)26(24,25)14-5-3-4-12(10-14)18(23)21-16-7-6-13-11-20-9-8-15(13)17(16)19;/h3-7,10,20H,8-9,11H2,1-2H3,(H,21,23);1H. The normalized spacial score (nSPS) is 13.6. The summed E-state index contributed by atoms with van der Waals surface area (Å²) in [6.45, 7) is 1.29. The van der Waals surface area contributed by atoms with E-state index < -0.39 is 21.7 Å². The van der Waals surface area contributed by atoms with Crippen LogP contribution in [0.3, 0.4) is 0 Å². The maximum atomic E-state index is 14.7. The first-order valence-corrected chi connectivity index (χ1v) is 9.59. The molecule has 1 amide bonds. The van der Waals surface area contributed by atoms with E-state index in [0.29, 0.717) is 25.1 Å². The predicted molar refractivity (Wildman–Crippen MR) is 104 cm³/mol. The van der Waals surface area contributed by atoms with E-state index in [1.165, 1.54) is 44.4 Å². The molecule has 0 spiro atoms. The van der Waals surface area contributed by atoms with Crippen LogP contribution in [0.2, 0.25) is 0 Å². The summed E-state index contributed by atoms with van der Waals surface area (Å²) in [7, 11) is -0.822. The lowest BCUT2D eigenvalue weighted by atomic mass is 9.99. The average Bonchev–Trinajstić information content (AvgIpc) is 2.64. The van der Waals surface area contributed by atoms with Gasteiger partial charge in [0, 0.05) is 26.2 Å². The van der Waals surface area contributed by atoms with E-state index in [4.69, 9.17) is 0 Å². The Morgan fingerprint density at radius 2 is 1.96 bits per heavy atom. The highest BCUT2D eigenvalue weighted by atomic mass is 35.5. The van der Waals surface area contributed by atoms with Crippen LogP contribution in [0.5, 0.6) is 0 Å². The minimum atomic E-state index is -3.65. The van der Waals surface area contributed by atoms with Crippen LogP contribution < -0.4 is 10.6 Å². The van der Waals surface area contributed by atoms with Gasteiger partial charge in [0.2, 0.25) is 10.0 Å². The number of amides is 1. The third-order valence-corrected chi connectivity index (χ3v) is 6.14. The summed E-state index contributed by atoms with van der Waals surface area (Å²) in [5.41, 5.74) is 1.72.